The second kappa shape index (κ2) is 5.64. The van der Waals surface area contributed by atoms with Gasteiger partial charge in [-0.3, -0.25) is 9.48 Å². The Labute approximate surface area is 139 Å². The molecule has 0 aliphatic carbocycles. The molecule has 120 valence electrons. The predicted octanol–water partition coefficient (Wildman–Crippen LogP) is 3.60. The number of aromatic nitrogens is 2. The Morgan fingerprint density at radius 2 is 1.96 bits per heavy atom. The topological polar surface area (TPSA) is 47.2 Å². The van der Waals surface area contributed by atoms with Crippen molar-refractivity contribution in [2.75, 3.05) is 5.75 Å². The van der Waals surface area contributed by atoms with Crippen molar-refractivity contribution in [3.63, 3.8) is 0 Å². The normalized spacial score (nSPS) is 17.2. The fourth-order valence-corrected chi connectivity index (χ4v) is 4.39. The van der Waals surface area contributed by atoms with Gasteiger partial charge in [0.1, 0.15) is 5.56 Å². The van der Waals surface area contributed by atoms with Crippen LogP contribution in [0.5, 0.6) is 5.88 Å². The number of thioether (sulfide) groups is 1. The van der Waals surface area contributed by atoms with Gasteiger partial charge in [0.05, 0.1) is 0 Å². The molecule has 4 rings (SSSR count). The van der Waals surface area contributed by atoms with Gasteiger partial charge in [-0.1, -0.05) is 12.1 Å². The van der Waals surface area contributed by atoms with Gasteiger partial charge in [-0.05, 0) is 59.9 Å². The Balaban J connectivity index is 1.89. The second-order valence-electron chi connectivity index (χ2n) is 6.25. The molecule has 0 radical (unpaired) electrons. The lowest BCUT2D eigenvalue weighted by molar-refractivity contribution is 0.305. The molecular weight excluding hydrogens is 308 g/mol. The highest BCUT2D eigenvalue weighted by molar-refractivity contribution is 8.02. The van der Waals surface area contributed by atoms with Crippen molar-refractivity contribution in [3.8, 4) is 17.0 Å². The van der Waals surface area contributed by atoms with E-state index in [9.17, 15) is 9.90 Å². The molecule has 1 aromatic carbocycles. The Bertz CT molecular complexity index is 861. The van der Waals surface area contributed by atoms with Crippen molar-refractivity contribution in [2.24, 2.45) is 0 Å². The summed E-state index contributed by atoms with van der Waals surface area (Å²) >= 11 is 1.83. The number of hydrogen-bond acceptors (Lipinski definition) is 3. The van der Waals surface area contributed by atoms with E-state index in [4.69, 9.17) is 0 Å². The number of rotatable bonds is 2. The third-order valence-corrected chi connectivity index (χ3v) is 5.68. The maximum Gasteiger partial charge on any atom is 0.278 e. The minimum absolute atomic E-state index is 0.0720. The second-order valence-corrected chi connectivity index (χ2v) is 7.23. The van der Waals surface area contributed by atoms with Crippen LogP contribution in [0.25, 0.3) is 16.7 Å². The van der Waals surface area contributed by atoms with Crippen molar-refractivity contribution in [1.82, 2.24) is 9.36 Å². The highest BCUT2D eigenvalue weighted by Crippen LogP contribution is 2.35. The number of fused-ring (bicyclic) bond motifs is 1. The van der Waals surface area contributed by atoms with Crippen LogP contribution in [0.15, 0.2) is 28.4 Å². The van der Waals surface area contributed by atoms with Crippen LogP contribution < -0.4 is 5.56 Å². The summed E-state index contributed by atoms with van der Waals surface area (Å²) in [4.78, 5) is 12.8. The van der Waals surface area contributed by atoms with E-state index in [-0.39, 0.29) is 11.4 Å². The molecule has 0 amide bonds. The lowest BCUT2D eigenvalue weighted by Crippen LogP contribution is -2.27. The Morgan fingerprint density at radius 3 is 2.65 bits per heavy atom. The molecule has 2 aliphatic rings. The van der Waals surface area contributed by atoms with E-state index < -0.39 is 0 Å². The molecule has 3 heterocycles. The highest BCUT2D eigenvalue weighted by Gasteiger charge is 2.24. The van der Waals surface area contributed by atoms with E-state index in [1.807, 2.05) is 18.7 Å². The number of aryl methyl sites for hydroxylation is 1. The van der Waals surface area contributed by atoms with Gasteiger partial charge < -0.3 is 5.11 Å². The highest BCUT2D eigenvalue weighted by atomic mass is 32.2. The van der Waals surface area contributed by atoms with Gasteiger partial charge in [-0.15, -0.1) is 11.8 Å². The minimum atomic E-state index is -0.0720. The molecule has 1 N–H and O–H groups in total. The van der Waals surface area contributed by atoms with E-state index in [0.717, 1.165) is 41.7 Å². The number of allylic oxidation sites excluding steroid dienone is 1. The molecule has 0 saturated heterocycles. The van der Waals surface area contributed by atoms with E-state index >= 15 is 0 Å². The molecule has 1 aromatic heterocycles. The van der Waals surface area contributed by atoms with Crippen molar-refractivity contribution in [2.45, 2.75) is 39.3 Å². The van der Waals surface area contributed by atoms with Crippen LogP contribution in [0.3, 0.4) is 0 Å². The van der Waals surface area contributed by atoms with Gasteiger partial charge in [0, 0.05) is 18.8 Å². The molecule has 23 heavy (non-hydrogen) atoms. The van der Waals surface area contributed by atoms with Gasteiger partial charge in [0.2, 0.25) is 5.88 Å². The summed E-state index contributed by atoms with van der Waals surface area (Å²) in [6.07, 6.45) is 3.06. The lowest BCUT2D eigenvalue weighted by Gasteiger charge is -2.16. The first-order valence-corrected chi connectivity index (χ1v) is 9.16. The standard InChI is InChI=1S/C18H20N2O2S/c1-12-4-5-13(14-6-9-23-11-14)10-15(12)16-17(21)19-7-2-3-8-20(19)18(16)22/h4-5,10-11,21H,2-3,6-9H2,1H3. The largest absolute Gasteiger partial charge is 0.493 e. The predicted molar refractivity (Wildman–Crippen MR) is 94.8 cm³/mol. The fraction of sp³-hybridized carbons (Fsp3) is 0.389. The smallest absolute Gasteiger partial charge is 0.278 e. The molecule has 0 unspecified atom stereocenters. The van der Waals surface area contributed by atoms with Crippen LogP contribution in [-0.2, 0) is 13.1 Å². The van der Waals surface area contributed by atoms with Crippen molar-refractivity contribution < 1.29 is 5.11 Å². The summed E-state index contributed by atoms with van der Waals surface area (Å²) in [5, 5.41) is 12.8. The van der Waals surface area contributed by atoms with Crippen molar-refractivity contribution in [1.29, 1.82) is 0 Å². The number of hydrogen-bond donors (Lipinski definition) is 1. The number of aromatic hydroxyl groups is 1. The summed E-state index contributed by atoms with van der Waals surface area (Å²) in [5.41, 5.74) is 4.74. The third-order valence-electron chi connectivity index (χ3n) is 4.79. The summed E-state index contributed by atoms with van der Waals surface area (Å²) in [7, 11) is 0. The molecule has 5 heteroatoms. The summed E-state index contributed by atoms with van der Waals surface area (Å²) in [6.45, 7) is 3.39. The molecule has 2 aliphatic heterocycles. The molecule has 4 nitrogen and oxygen atoms in total. The van der Waals surface area contributed by atoms with E-state index in [2.05, 4.69) is 23.6 Å². The van der Waals surface area contributed by atoms with Gasteiger partial charge in [-0.2, -0.15) is 0 Å². The summed E-state index contributed by atoms with van der Waals surface area (Å²) in [5.74, 6) is 1.23. The summed E-state index contributed by atoms with van der Waals surface area (Å²) < 4.78 is 3.42. The first-order valence-electron chi connectivity index (χ1n) is 8.11. The molecule has 0 spiro atoms. The fourth-order valence-electron chi connectivity index (χ4n) is 3.48. The molecular formula is C18H20N2O2S. The summed E-state index contributed by atoms with van der Waals surface area (Å²) in [6, 6.07) is 6.23. The maximum absolute atomic E-state index is 12.8. The molecule has 0 saturated carbocycles. The first kappa shape index (κ1) is 14.7. The SMILES string of the molecule is Cc1ccc(C2=CSCC2)cc1-c1c(O)n2n(c1=O)CCCC2. The van der Waals surface area contributed by atoms with Crippen LogP contribution in [0.1, 0.15) is 30.4 Å². The van der Waals surface area contributed by atoms with Crippen LogP contribution >= 0.6 is 11.8 Å². The molecule has 0 bridgehead atoms. The third kappa shape index (κ3) is 2.34. The van der Waals surface area contributed by atoms with Crippen LogP contribution in [0, 0.1) is 6.92 Å². The zero-order valence-corrected chi connectivity index (χ0v) is 14.0. The average molecular weight is 328 g/mol. The maximum atomic E-state index is 12.8. The van der Waals surface area contributed by atoms with E-state index in [1.54, 1.807) is 9.36 Å². The van der Waals surface area contributed by atoms with Gasteiger partial charge in [0.25, 0.3) is 5.56 Å². The zero-order valence-electron chi connectivity index (χ0n) is 13.2. The van der Waals surface area contributed by atoms with Crippen LogP contribution in [-0.4, -0.2) is 20.2 Å². The van der Waals surface area contributed by atoms with Gasteiger partial charge >= 0.3 is 0 Å². The Hall–Kier alpha value is -1.88. The zero-order chi connectivity index (χ0) is 16.0. The van der Waals surface area contributed by atoms with E-state index in [1.165, 1.54) is 5.57 Å². The van der Waals surface area contributed by atoms with Crippen LogP contribution in [0.4, 0.5) is 0 Å². The minimum Gasteiger partial charge on any atom is -0.493 e. The Morgan fingerprint density at radius 1 is 1.17 bits per heavy atom. The first-order chi connectivity index (χ1) is 11.2. The number of nitrogens with zero attached hydrogens (tertiary/aromatic N) is 2. The average Bonchev–Trinajstić information content (AvgIpc) is 3.18. The van der Waals surface area contributed by atoms with Gasteiger partial charge in [0.15, 0.2) is 0 Å². The molecule has 0 fully saturated rings. The Kier molecular flexibility index (Phi) is 3.60. The monoisotopic (exact) mass is 328 g/mol. The van der Waals surface area contributed by atoms with Gasteiger partial charge in [-0.25, -0.2) is 4.68 Å². The van der Waals surface area contributed by atoms with Crippen molar-refractivity contribution >= 4 is 17.3 Å². The number of benzene rings is 1. The van der Waals surface area contributed by atoms with E-state index in [0.29, 0.717) is 18.7 Å². The molecule has 0 atom stereocenters. The molecule has 2 aromatic rings. The van der Waals surface area contributed by atoms with Crippen LogP contribution in [0.2, 0.25) is 0 Å². The van der Waals surface area contributed by atoms with Crippen molar-refractivity contribution in [3.05, 3.63) is 45.1 Å². The lowest BCUT2D eigenvalue weighted by atomic mass is 9.96. The quantitative estimate of drug-likeness (QED) is 0.916.